The fourth-order valence-corrected chi connectivity index (χ4v) is 3.65. The molecule has 3 aromatic rings. The standard InChI is InChI=1S/C16H16FN5OS/c1-11-19-22-10-13(18-16(22)24-11)15(23)21-8-6-20(7-9-21)14-5-3-2-4-12(14)17/h2-5,10H,6-9H2,1H3. The molecule has 0 unspecified atom stereocenters. The van der Waals surface area contributed by atoms with E-state index in [9.17, 15) is 9.18 Å². The zero-order valence-corrected chi connectivity index (χ0v) is 14.0. The summed E-state index contributed by atoms with van der Waals surface area (Å²) in [5, 5.41) is 5.19. The number of anilines is 1. The van der Waals surface area contributed by atoms with Crippen molar-refractivity contribution in [1.29, 1.82) is 0 Å². The lowest BCUT2D eigenvalue weighted by Gasteiger charge is -2.35. The highest BCUT2D eigenvalue weighted by molar-refractivity contribution is 7.16. The number of nitrogens with zero attached hydrogens (tertiary/aromatic N) is 5. The molecule has 0 spiro atoms. The molecule has 1 aliphatic rings. The van der Waals surface area contributed by atoms with E-state index in [-0.39, 0.29) is 11.7 Å². The highest BCUT2D eigenvalue weighted by Crippen LogP contribution is 2.21. The van der Waals surface area contributed by atoms with Gasteiger partial charge in [-0.2, -0.15) is 5.10 Å². The number of carbonyl (C=O) groups excluding carboxylic acids is 1. The molecule has 0 radical (unpaired) electrons. The first kappa shape index (κ1) is 15.1. The molecule has 1 aliphatic heterocycles. The number of para-hydroxylation sites is 1. The predicted molar refractivity (Wildman–Crippen MR) is 90.1 cm³/mol. The Bertz CT molecular complexity index is 865. The van der Waals surface area contributed by atoms with E-state index in [1.54, 1.807) is 27.7 Å². The van der Waals surface area contributed by atoms with Gasteiger partial charge in [-0.05, 0) is 19.1 Å². The number of benzene rings is 1. The molecule has 6 nitrogen and oxygen atoms in total. The van der Waals surface area contributed by atoms with Gasteiger partial charge < -0.3 is 9.80 Å². The minimum absolute atomic E-state index is 0.0986. The van der Waals surface area contributed by atoms with Crippen molar-refractivity contribution in [2.45, 2.75) is 6.92 Å². The number of carbonyl (C=O) groups is 1. The quantitative estimate of drug-likeness (QED) is 0.715. The number of amides is 1. The average Bonchev–Trinajstić information content (AvgIpc) is 3.12. The number of aromatic nitrogens is 3. The Morgan fingerprint density at radius 3 is 2.67 bits per heavy atom. The molecule has 0 bridgehead atoms. The van der Waals surface area contributed by atoms with Crippen LogP contribution in [-0.4, -0.2) is 51.6 Å². The largest absolute Gasteiger partial charge is 0.366 e. The van der Waals surface area contributed by atoms with E-state index in [0.717, 1.165) is 9.97 Å². The van der Waals surface area contributed by atoms with Crippen LogP contribution in [0, 0.1) is 12.7 Å². The van der Waals surface area contributed by atoms with E-state index in [4.69, 9.17) is 0 Å². The molecular formula is C16H16FN5OS. The fraction of sp³-hybridized carbons (Fsp3) is 0.312. The van der Waals surface area contributed by atoms with Crippen molar-refractivity contribution in [2.24, 2.45) is 0 Å². The van der Waals surface area contributed by atoms with E-state index >= 15 is 0 Å². The third-order valence-corrected chi connectivity index (χ3v) is 4.96. The zero-order valence-electron chi connectivity index (χ0n) is 13.1. The van der Waals surface area contributed by atoms with Crippen LogP contribution in [-0.2, 0) is 0 Å². The SMILES string of the molecule is Cc1nn2cc(C(=O)N3CCN(c4ccccc4F)CC3)nc2s1. The highest BCUT2D eigenvalue weighted by Gasteiger charge is 2.25. The number of halogens is 1. The van der Waals surface area contributed by atoms with Gasteiger partial charge in [-0.25, -0.2) is 13.9 Å². The van der Waals surface area contributed by atoms with Crippen molar-refractivity contribution in [3.05, 3.63) is 47.0 Å². The maximum Gasteiger partial charge on any atom is 0.274 e. The van der Waals surface area contributed by atoms with E-state index in [2.05, 4.69) is 10.1 Å². The summed E-state index contributed by atoms with van der Waals surface area (Å²) in [6.07, 6.45) is 1.67. The summed E-state index contributed by atoms with van der Waals surface area (Å²) in [6.45, 7) is 4.21. The van der Waals surface area contributed by atoms with Gasteiger partial charge in [0.05, 0.1) is 11.9 Å². The average molecular weight is 345 g/mol. The highest BCUT2D eigenvalue weighted by atomic mass is 32.1. The van der Waals surface area contributed by atoms with Crippen molar-refractivity contribution >= 4 is 27.9 Å². The molecule has 1 fully saturated rings. The van der Waals surface area contributed by atoms with E-state index in [1.807, 2.05) is 17.9 Å². The lowest BCUT2D eigenvalue weighted by Crippen LogP contribution is -2.49. The molecule has 0 N–H and O–H groups in total. The minimum Gasteiger partial charge on any atom is -0.366 e. The van der Waals surface area contributed by atoms with Crippen molar-refractivity contribution in [3.63, 3.8) is 0 Å². The summed E-state index contributed by atoms with van der Waals surface area (Å²) in [4.78, 5) is 21.4. The lowest BCUT2D eigenvalue weighted by atomic mass is 10.2. The topological polar surface area (TPSA) is 53.7 Å². The molecule has 4 rings (SSSR count). The van der Waals surface area contributed by atoms with Crippen molar-refractivity contribution in [2.75, 3.05) is 31.1 Å². The van der Waals surface area contributed by atoms with Gasteiger partial charge in [0, 0.05) is 26.2 Å². The molecule has 0 atom stereocenters. The van der Waals surface area contributed by atoms with Crippen LogP contribution >= 0.6 is 11.3 Å². The summed E-state index contributed by atoms with van der Waals surface area (Å²) >= 11 is 1.46. The van der Waals surface area contributed by atoms with Gasteiger partial charge in [-0.3, -0.25) is 4.79 Å². The molecule has 1 aromatic carbocycles. The van der Waals surface area contributed by atoms with Crippen LogP contribution in [0.25, 0.3) is 4.96 Å². The number of piperazine rings is 1. The van der Waals surface area contributed by atoms with Crippen LogP contribution in [0.4, 0.5) is 10.1 Å². The van der Waals surface area contributed by atoms with Crippen molar-refractivity contribution in [3.8, 4) is 0 Å². The van der Waals surface area contributed by atoms with Gasteiger partial charge in [0.25, 0.3) is 5.91 Å². The maximum atomic E-state index is 13.9. The molecular weight excluding hydrogens is 329 g/mol. The van der Waals surface area contributed by atoms with Crippen molar-refractivity contribution in [1.82, 2.24) is 19.5 Å². The van der Waals surface area contributed by atoms with E-state index in [1.165, 1.54) is 17.4 Å². The van der Waals surface area contributed by atoms with Crippen LogP contribution < -0.4 is 4.90 Å². The van der Waals surface area contributed by atoms with Crippen LogP contribution in [0.3, 0.4) is 0 Å². The van der Waals surface area contributed by atoms with Crippen LogP contribution in [0.5, 0.6) is 0 Å². The number of hydrogen-bond acceptors (Lipinski definition) is 5. The molecule has 1 saturated heterocycles. The van der Waals surface area contributed by atoms with Gasteiger partial charge in [0.1, 0.15) is 16.5 Å². The van der Waals surface area contributed by atoms with E-state index < -0.39 is 0 Å². The Kier molecular flexibility index (Phi) is 3.68. The molecule has 1 amide bonds. The van der Waals surface area contributed by atoms with Crippen LogP contribution in [0.1, 0.15) is 15.5 Å². The molecule has 8 heteroatoms. The molecule has 3 heterocycles. The van der Waals surface area contributed by atoms with Gasteiger partial charge in [-0.1, -0.05) is 23.5 Å². The Hall–Kier alpha value is -2.48. The number of aryl methyl sites for hydroxylation is 1. The third kappa shape index (κ3) is 2.62. The van der Waals surface area contributed by atoms with Gasteiger partial charge >= 0.3 is 0 Å². The number of fused-ring (bicyclic) bond motifs is 1. The number of imidazole rings is 1. The van der Waals surface area contributed by atoms with Crippen LogP contribution in [0.15, 0.2) is 30.5 Å². The minimum atomic E-state index is -0.229. The zero-order chi connectivity index (χ0) is 16.7. The summed E-state index contributed by atoms with van der Waals surface area (Å²) in [7, 11) is 0. The smallest absolute Gasteiger partial charge is 0.274 e. The molecule has 0 saturated carbocycles. The first-order valence-electron chi connectivity index (χ1n) is 7.73. The maximum absolute atomic E-state index is 13.9. The lowest BCUT2D eigenvalue weighted by molar-refractivity contribution is 0.0741. The van der Waals surface area contributed by atoms with Gasteiger partial charge in [-0.15, -0.1) is 0 Å². The van der Waals surface area contributed by atoms with Gasteiger partial charge in [0.15, 0.2) is 0 Å². The van der Waals surface area contributed by atoms with E-state index in [0.29, 0.717) is 37.6 Å². The first-order chi connectivity index (χ1) is 11.6. The summed E-state index contributed by atoms with van der Waals surface area (Å²) < 4.78 is 15.5. The second kappa shape index (κ2) is 5.86. The monoisotopic (exact) mass is 345 g/mol. The Balaban J connectivity index is 1.46. The van der Waals surface area contributed by atoms with Crippen LogP contribution in [0.2, 0.25) is 0 Å². The molecule has 124 valence electrons. The second-order valence-corrected chi connectivity index (χ2v) is 6.87. The summed E-state index contributed by atoms with van der Waals surface area (Å²) in [5.41, 5.74) is 1.000. The molecule has 0 aliphatic carbocycles. The normalized spacial score (nSPS) is 15.2. The summed E-state index contributed by atoms with van der Waals surface area (Å²) in [6, 6.07) is 6.73. The first-order valence-corrected chi connectivity index (χ1v) is 8.55. The number of hydrogen-bond donors (Lipinski definition) is 0. The fourth-order valence-electron chi connectivity index (χ4n) is 2.92. The Morgan fingerprint density at radius 2 is 1.96 bits per heavy atom. The Morgan fingerprint density at radius 1 is 1.21 bits per heavy atom. The Labute approximate surface area is 142 Å². The molecule has 24 heavy (non-hydrogen) atoms. The second-order valence-electron chi connectivity index (χ2n) is 5.71. The van der Waals surface area contributed by atoms with Crippen molar-refractivity contribution < 1.29 is 9.18 Å². The predicted octanol–water partition coefficient (Wildman–Crippen LogP) is 2.20. The summed E-state index contributed by atoms with van der Waals surface area (Å²) in [5.74, 6) is -0.327. The third-order valence-electron chi connectivity index (χ3n) is 4.12. The molecule has 2 aromatic heterocycles. The van der Waals surface area contributed by atoms with Gasteiger partial charge in [0.2, 0.25) is 4.96 Å². The number of rotatable bonds is 2.